The van der Waals surface area contributed by atoms with Gasteiger partial charge in [0.15, 0.2) is 0 Å². The van der Waals surface area contributed by atoms with Crippen LogP contribution in [0, 0.1) is 0 Å². The Labute approximate surface area is 140 Å². The van der Waals surface area contributed by atoms with Gasteiger partial charge in [-0.15, -0.1) is 0 Å². The zero-order chi connectivity index (χ0) is 15.8. The van der Waals surface area contributed by atoms with Crippen LogP contribution in [0.3, 0.4) is 0 Å². The summed E-state index contributed by atoms with van der Waals surface area (Å²) in [5.74, 6) is 0.0407. The standard InChI is InChI=1S/C17H24BrNO3/c1-2-3-11-21-13-10-19(15-8-6-14(18)7-9-15)17(20)16-5-4-12-22-16/h6-9,16H,2-5,10-13H2,1H3/t16-/m0/s1. The van der Waals surface area contributed by atoms with Crippen molar-refractivity contribution in [2.45, 2.75) is 38.7 Å². The van der Waals surface area contributed by atoms with E-state index in [1.54, 1.807) is 4.90 Å². The zero-order valence-corrected chi connectivity index (χ0v) is 14.7. The van der Waals surface area contributed by atoms with Gasteiger partial charge in [0.1, 0.15) is 6.10 Å². The second-order valence-corrected chi connectivity index (χ2v) is 6.35. The summed E-state index contributed by atoms with van der Waals surface area (Å²) in [6, 6.07) is 7.79. The number of nitrogens with zero attached hydrogens (tertiary/aromatic N) is 1. The van der Waals surface area contributed by atoms with E-state index < -0.39 is 0 Å². The third-order valence-electron chi connectivity index (χ3n) is 3.71. The fraction of sp³-hybridized carbons (Fsp3) is 0.588. The molecule has 1 heterocycles. The van der Waals surface area contributed by atoms with E-state index in [9.17, 15) is 4.79 Å². The van der Waals surface area contributed by atoms with E-state index >= 15 is 0 Å². The molecule has 4 nitrogen and oxygen atoms in total. The molecule has 0 radical (unpaired) electrons. The summed E-state index contributed by atoms with van der Waals surface area (Å²) in [5.41, 5.74) is 0.891. The third kappa shape index (κ3) is 5.07. The van der Waals surface area contributed by atoms with E-state index in [0.717, 1.165) is 42.5 Å². The van der Waals surface area contributed by atoms with Crippen molar-refractivity contribution in [2.75, 3.05) is 31.3 Å². The largest absolute Gasteiger partial charge is 0.380 e. The Balaban J connectivity index is 1.99. The van der Waals surface area contributed by atoms with Crippen LogP contribution >= 0.6 is 15.9 Å². The Bertz CT molecular complexity index is 457. The lowest BCUT2D eigenvalue weighted by molar-refractivity contribution is -0.127. The Morgan fingerprint density at radius 2 is 2.14 bits per heavy atom. The fourth-order valence-corrected chi connectivity index (χ4v) is 2.70. The SMILES string of the molecule is CCCCOCCN(C(=O)[C@@H]1CCCO1)c1ccc(Br)cc1. The van der Waals surface area contributed by atoms with Gasteiger partial charge in [-0.1, -0.05) is 29.3 Å². The molecule has 0 aliphatic carbocycles. The van der Waals surface area contributed by atoms with Crippen LogP contribution in [0.5, 0.6) is 0 Å². The first kappa shape index (κ1) is 17.4. The zero-order valence-electron chi connectivity index (χ0n) is 13.1. The van der Waals surface area contributed by atoms with Gasteiger partial charge in [0, 0.05) is 29.9 Å². The predicted octanol–water partition coefficient (Wildman–Crippen LogP) is 3.78. The van der Waals surface area contributed by atoms with Crippen LogP contribution in [0.2, 0.25) is 0 Å². The molecule has 5 heteroatoms. The molecule has 0 unspecified atom stereocenters. The maximum atomic E-state index is 12.7. The van der Waals surface area contributed by atoms with Crippen molar-refractivity contribution in [2.24, 2.45) is 0 Å². The van der Waals surface area contributed by atoms with Gasteiger partial charge in [-0.05, 0) is 43.5 Å². The number of anilines is 1. The third-order valence-corrected chi connectivity index (χ3v) is 4.24. The van der Waals surface area contributed by atoms with Crippen molar-refractivity contribution in [3.63, 3.8) is 0 Å². The summed E-state index contributed by atoms with van der Waals surface area (Å²) in [6.07, 6.45) is 3.63. The second-order valence-electron chi connectivity index (χ2n) is 5.43. The first-order chi connectivity index (χ1) is 10.7. The minimum Gasteiger partial charge on any atom is -0.380 e. The summed E-state index contributed by atoms with van der Waals surface area (Å²) < 4.78 is 12.2. The first-order valence-corrected chi connectivity index (χ1v) is 8.78. The summed E-state index contributed by atoms with van der Waals surface area (Å²) >= 11 is 3.43. The molecule has 122 valence electrons. The minimum absolute atomic E-state index is 0.0407. The highest BCUT2D eigenvalue weighted by Gasteiger charge is 2.28. The Morgan fingerprint density at radius 3 is 2.77 bits per heavy atom. The molecule has 0 aromatic heterocycles. The number of hydrogen-bond donors (Lipinski definition) is 0. The van der Waals surface area contributed by atoms with Gasteiger partial charge in [-0.3, -0.25) is 4.79 Å². The van der Waals surface area contributed by atoms with Crippen molar-refractivity contribution in [1.29, 1.82) is 0 Å². The number of benzene rings is 1. The van der Waals surface area contributed by atoms with Crippen molar-refractivity contribution in [1.82, 2.24) is 0 Å². The topological polar surface area (TPSA) is 38.8 Å². The van der Waals surface area contributed by atoms with E-state index in [1.165, 1.54) is 0 Å². The van der Waals surface area contributed by atoms with Crippen molar-refractivity contribution in [3.05, 3.63) is 28.7 Å². The second kappa shape index (κ2) is 9.28. The number of hydrogen-bond acceptors (Lipinski definition) is 3. The van der Waals surface area contributed by atoms with Crippen molar-refractivity contribution < 1.29 is 14.3 Å². The van der Waals surface area contributed by atoms with Gasteiger partial charge in [-0.2, -0.15) is 0 Å². The van der Waals surface area contributed by atoms with Crippen LogP contribution in [-0.4, -0.2) is 38.4 Å². The number of ether oxygens (including phenoxy) is 2. The van der Waals surface area contributed by atoms with Crippen LogP contribution in [-0.2, 0) is 14.3 Å². The van der Waals surface area contributed by atoms with Crippen LogP contribution < -0.4 is 4.90 Å². The van der Waals surface area contributed by atoms with Crippen LogP contribution in [0.25, 0.3) is 0 Å². The maximum Gasteiger partial charge on any atom is 0.256 e. The molecule has 0 spiro atoms. The van der Waals surface area contributed by atoms with E-state index in [2.05, 4.69) is 22.9 Å². The van der Waals surface area contributed by atoms with Gasteiger partial charge in [0.2, 0.25) is 0 Å². The molecule has 1 saturated heterocycles. The molecule has 1 aliphatic heterocycles. The summed E-state index contributed by atoms with van der Waals surface area (Å²) in [4.78, 5) is 14.5. The average molecular weight is 370 g/mol. The number of carbonyl (C=O) groups excluding carboxylic acids is 1. The maximum absolute atomic E-state index is 12.7. The molecule has 1 amide bonds. The van der Waals surface area contributed by atoms with Gasteiger partial charge in [0.05, 0.1) is 6.61 Å². The average Bonchev–Trinajstić information content (AvgIpc) is 3.06. The van der Waals surface area contributed by atoms with E-state index in [1.807, 2.05) is 24.3 Å². The molecule has 0 N–H and O–H groups in total. The van der Waals surface area contributed by atoms with Crippen molar-refractivity contribution in [3.8, 4) is 0 Å². The fourth-order valence-electron chi connectivity index (χ4n) is 2.44. The Hall–Kier alpha value is -0.910. The predicted molar refractivity (Wildman–Crippen MR) is 91.2 cm³/mol. The van der Waals surface area contributed by atoms with Crippen LogP contribution in [0.1, 0.15) is 32.6 Å². The molecule has 1 aromatic carbocycles. The number of rotatable bonds is 8. The molecule has 0 saturated carbocycles. The molecule has 1 aromatic rings. The lowest BCUT2D eigenvalue weighted by Crippen LogP contribution is -2.41. The van der Waals surface area contributed by atoms with E-state index in [-0.39, 0.29) is 12.0 Å². The van der Waals surface area contributed by atoms with E-state index in [0.29, 0.717) is 19.8 Å². The summed E-state index contributed by atoms with van der Waals surface area (Å²) in [5, 5.41) is 0. The molecule has 1 aliphatic rings. The monoisotopic (exact) mass is 369 g/mol. The minimum atomic E-state index is -0.306. The normalized spacial score (nSPS) is 17.6. The molecular formula is C17H24BrNO3. The summed E-state index contributed by atoms with van der Waals surface area (Å²) in [6.45, 7) is 4.67. The molecular weight excluding hydrogens is 346 g/mol. The highest BCUT2D eigenvalue weighted by atomic mass is 79.9. The molecule has 22 heavy (non-hydrogen) atoms. The number of halogens is 1. The van der Waals surface area contributed by atoms with Crippen molar-refractivity contribution >= 4 is 27.5 Å². The number of amides is 1. The van der Waals surface area contributed by atoms with Gasteiger partial charge in [-0.25, -0.2) is 0 Å². The van der Waals surface area contributed by atoms with E-state index in [4.69, 9.17) is 9.47 Å². The number of unbranched alkanes of at least 4 members (excludes halogenated alkanes) is 1. The molecule has 1 fully saturated rings. The van der Waals surface area contributed by atoms with Gasteiger partial charge in [0.25, 0.3) is 5.91 Å². The van der Waals surface area contributed by atoms with Gasteiger partial charge >= 0.3 is 0 Å². The lowest BCUT2D eigenvalue weighted by atomic mass is 10.2. The first-order valence-electron chi connectivity index (χ1n) is 7.98. The van der Waals surface area contributed by atoms with Gasteiger partial charge < -0.3 is 14.4 Å². The molecule has 1 atom stereocenters. The highest BCUT2D eigenvalue weighted by molar-refractivity contribution is 9.10. The smallest absolute Gasteiger partial charge is 0.256 e. The molecule has 0 bridgehead atoms. The molecule has 2 rings (SSSR count). The summed E-state index contributed by atoms with van der Waals surface area (Å²) in [7, 11) is 0. The van der Waals surface area contributed by atoms with Crippen LogP contribution in [0.15, 0.2) is 28.7 Å². The van der Waals surface area contributed by atoms with Crippen LogP contribution in [0.4, 0.5) is 5.69 Å². The number of carbonyl (C=O) groups is 1. The Morgan fingerprint density at radius 1 is 1.36 bits per heavy atom. The quantitative estimate of drug-likeness (QED) is 0.654. The highest BCUT2D eigenvalue weighted by Crippen LogP contribution is 2.22. The lowest BCUT2D eigenvalue weighted by Gasteiger charge is -2.25. The Kier molecular flexibility index (Phi) is 7.36.